The van der Waals surface area contributed by atoms with Gasteiger partial charge >= 0.3 is 5.97 Å². The van der Waals surface area contributed by atoms with Gasteiger partial charge in [-0.25, -0.2) is 9.18 Å². The Labute approximate surface area is 162 Å². The molecule has 2 aliphatic rings. The number of amides is 1. The second kappa shape index (κ2) is 7.26. The number of carboxylic acids is 1. The molecule has 2 aliphatic carbocycles. The third-order valence-corrected chi connectivity index (χ3v) is 5.84. The summed E-state index contributed by atoms with van der Waals surface area (Å²) >= 11 is 0. The monoisotopic (exact) mass is 383 g/mol. The number of aryl methyl sites for hydroxylation is 1. The minimum atomic E-state index is -1.23. The predicted octanol–water partition coefficient (Wildman–Crippen LogP) is 3.07. The van der Waals surface area contributed by atoms with Gasteiger partial charge in [0.15, 0.2) is 0 Å². The Morgan fingerprint density at radius 3 is 2.71 bits per heavy atom. The number of rotatable bonds is 6. The predicted molar refractivity (Wildman–Crippen MR) is 101 cm³/mol. The molecule has 6 heteroatoms. The van der Waals surface area contributed by atoms with Gasteiger partial charge < -0.3 is 15.2 Å². The minimum absolute atomic E-state index is 0.102. The third-order valence-electron chi connectivity index (χ3n) is 5.84. The molecule has 2 aromatic rings. The number of fused-ring (bicyclic) bond motifs is 2. The number of ether oxygens (including phenoxy) is 1. The van der Waals surface area contributed by atoms with E-state index < -0.39 is 17.9 Å². The molecule has 1 saturated carbocycles. The number of carbonyl (C=O) groups excluding carboxylic acids is 1. The number of benzene rings is 2. The topological polar surface area (TPSA) is 75.6 Å². The highest BCUT2D eigenvalue weighted by molar-refractivity contribution is 5.85. The highest BCUT2D eigenvalue weighted by atomic mass is 19.1. The van der Waals surface area contributed by atoms with Crippen LogP contribution in [0.4, 0.5) is 4.39 Å². The van der Waals surface area contributed by atoms with Gasteiger partial charge in [-0.05, 0) is 61.1 Å². The Morgan fingerprint density at radius 1 is 1.21 bits per heavy atom. The van der Waals surface area contributed by atoms with E-state index in [4.69, 9.17) is 4.74 Å². The van der Waals surface area contributed by atoms with Crippen molar-refractivity contribution in [3.63, 3.8) is 0 Å². The van der Waals surface area contributed by atoms with Crippen LogP contribution in [0.2, 0.25) is 0 Å². The van der Waals surface area contributed by atoms with E-state index in [9.17, 15) is 19.1 Å². The molecule has 1 spiro atoms. The largest absolute Gasteiger partial charge is 0.478 e. The van der Waals surface area contributed by atoms with Gasteiger partial charge in [-0.2, -0.15) is 0 Å². The zero-order valence-corrected chi connectivity index (χ0v) is 15.4. The van der Waals surface area contributed by atoms with Crippen molar-refractivity contribution in [3.05, 3.63) is 65.5 Å². The second-order valence-electron chi connectivity index (χ2n) is 7.57. The number of aliphatic carboxylic acids is 1. The molecule has 0 bridgehead atoms. The Balaban J connectivity index is 1.39. The Bertz CT molecular complexity index is 898. The van der Waals surface area contributed by atoms with Crippen LogP contribution in [-0.4, -0.2) is 29.6 Å². The maximum atomic E-state index is 13.0. The fraction of sp³-hybridized carbons (Fsp3) is 0.364. The van der Waals surface area contributed by atoms with E-state index in [2.05, 4.69) is 17.4 Å². The van der Waals surface area contributed by atoms with Gasteiger partial charge in [0, 0.05) is 11.3 Å². The maximum Gasteiger partial charge on any atom is 0.346 e. The summed E-state index contributed by atoms with van der Waals surface area (Å²) in [6.07, 6.45) is 2.65. The maximum absolute atomic E-state index is 13.0. The summed E-state index contributed by atoms with van der Waals surface area (Å²) in [5.74, 6) is -1.63. The van der Waals surface area contributed by atoms with Gasteiger partial charge in [-0.3, -0.25) is 4.79 Å². The molecule has 0 heterocycles. The van der Waals surface area contributed by atoms with Crippen molar-refractivity contribution >= 4 is 11.9 Å². The smallest absolute Gasteiger partial charge is 0.346 e. The van der Waals surface area contributed by atoms with Crippen LogP contribution in [0.1, 0.15) is 30.4 Å². The number of carbonyl (C=O) groups is 2. The fourth-order valence-corrected chi connectivity index (χ4v) is 4.35. The molecule has 146 valence electrons. The number of halogens is 1. The van der Waals surface area contributed by atoms with Crippen LogP contribution < -0.4 is 10.1 Å². The van der Waals surface area contributed by atoms with Crippen molar-refractivity contribution in [2.45, 2.75) is 37.2 Å². The van der Waals surface area contributed by atoms with Crippen LogP contribution >= 0.6 is 0 Å². The van der Waals surface area contributed by atoms with E-state index in [1.165, 1.54) is 35.4 Å². The molecule has 2 N–H and O–H groups in total. The zero-order valence-electron chi connectivity index (χ0n) is 15.4. The lowest BCUT2D eigenvalue weighted by Crippen LogP contribution is -2.41. The van der Waals surface area contributed by atoms with Crippen LogP contribution in [0.5, 0.6) is 5.75 Å². The molecule has 0 aromatic heterocycles. The van der Waals surface area contributed by atoms with Gasteiger partial charge in [0.1, 0.15) is 11.6 Å². The number of hydrogen-bond acceptors (Lipinski definition) is 3. The summed E-state index contributed by atoms with van der Waals surface area (Å²) in [4.78, 5) is 24.2. The Morgan fingerprint density at radius 2 is 1.96 bits per heavy atom. The standard InChI is InChI=1S/C22H22FNO4/c23-15-7-9-16(10-8-15)28-19(21(26)27)13-24-20(25)18-12-22(18)11-3-5-14-4-1-2-6-17(14)22/h1-2,4,6-10,18-19H,3,5,11-13H2,(H,24,25)(H,26,27). The molecule has 3 unspecified atom stereocenters. The molecule has 4 rings (SSSR count). The van der Waals surface area contributed by atoms with E-state index in [-0.39, 0.29) is 29.5 Å². The fourth-order valence-electron chi connectivity index (χ4n) is 4.35. The van der Waals surface area contributed by atoms with E-state index in [1.807, 2.05) is 12.1 Å². The van der Waals surface area contributed by atoms with Gasteiger partial charge in [0.2, 0.25) is 12.0 Å². The molecular formula is C22H22FNO4. The van der Waals surface area contributed by atoms with Gasteiger partial charge in [0.25, 0.3) is 0 Å². The average molecular weight is 383 g/mol. The summed E-state index contributed by atoms with van der Waals surface area (Å²) in [6, 6.07) is 13.4. The number of hydrogen-bond donors (Lipinski definition) is 2. The van der Waals surface area contributed by atoms with Crippen molar-refractivity contribution in [2.75, 3.05) is 6.54 Å². The van der Waals surface area contributed by atoms with Crippen molar-refractivity contribution in [3.8, 4) is 5.75 Å². The van der Waals surface area contributed by atoms with Gasteiger partial charge in [-0.1, -0.05) is 24.3 Å². The highest BCUT2D eigenvalue weighted by Gasteiger charge is 2.60. The van der Waals surface area contributed by atoms with Crippen LogP contribution in [-0.2, 0) is 21.4 Å². The second-order valence-corrected chi connectivity index (χ2v) is 7.57. The van der Waals surface area contributed by atoms with E-state index in [0.717, 1.165) is 25.7 Å². The zero-order chi connectivity index (χ0) is 19.7. The molecule has 28 heavy (non-hydrogen) atoms. The first-order valence-electron chi connectivity index (χ1n) is 9.51. The first-order valence-corrected chi connectivity index (χ1v) is 9.51. The van der Waals surface area contributed by atoms with Crippen molar-refractivity contribution < 1.29 is 23.8 Å². The molecule has 1 amide bonds. The molecule has 0 saturated heterocycles. The van der Waals surface area contributed by atoms with Crippen LogP contribution in [0.15, 0.2) is 48.5 Å². The van der Waals surface area contributed by atoms with Crippen LogP contribution in [0.25, 0.3) is 0 Å². The molecule has 3 atom stereocenters. The van der Waals surface area contributed by atoms with E-state index >= 15 is 0 Å². The Kier molecular flexibility index (Phi) is 4.79. The molecule has 2 aromatic carbocycles. The van der Waals surface area contributed by atoms with Crippen LogP contribution in [0.3, 0.4) is 0 Å². The minimum Gasteiger partial charge on any atom is -0.478 e. The third kappa shape index (κ3) is 3.46. The van der Waals surface area contributed by atoms with E-state index in [1.54, 1.807) is 0 Å². The normalized spacial score (nSPS) is 23.5. The summed E-state index contributed by atoms with van der Waals surface area (Å²) in [5.41, 5.74) is 2.47. The summed E-state index contributed by atoms with van der Waals surface area (Å²) < 4.78 is 18.4. The Hall–Kier alpha value is -2.89. The van der Waals surface area contributed by atoms with Crippen LogP contribution in [0, 0.1) is 11.7 Å². The molecule has 0 aliphatic heterocycles. The molecule has 1 fully saturated rings. The highest BCUT2D eigenvalue weighted by Crippen LogP contribution is 2.60. The van der Waals surface area contributed by atoms with Gasteiger partial charge in [-0.15, -0.1) is 0 Å². The molecule has 5 nitrogen and oxygen atoms in total. The van der Waals surface area contributed by atoms with Crippen molar-refractivity contribution in [2.24, 2.45) is 5.92 Å². The average Bonchev–Trinajstić information content (AvgIpc) is 3.41. The SMILES string of the molecule is O=C(O)C(CNC(=O)C1CC12CCCc1ccccc12)Oc1ccc(F)cc1. The van der Waals surface area contributed by atoms with Gasteiger partial charge in [0.05, 0.1) is 6.54 Å². The molecule has 0 radical (unpaired) electrons. The van der Waals surface area contributed by atoms with E-state index in [0.29, 0.717) is 0 Å². The lowest BCUT2D eigenvalue weighted by atomic mass is 9.78. The van der Waals surface area contributed by atoms with Crippen molar-refractivity contribution in [1.82, 2.24) is 5.32 Å². The summed E-state index contributed by atoms with van der Waals surface area (Å²) in [5, 5.41) is 12.1. The van der Waals surface area contributed by atoms with Crippen molar-refractivity contribution in [1.29, 1.82) is 0 Å². The summed E-state index contributed by atoms with van der Waals surface area (Å²) in [7, 11) is 0. The molecular weight excluding hydrogens is 361 g/mol. The lowest BCUT2D eigenvalue weighted by Gasteiger charge is -2.26. The first-order chi connectivity index (χ1) is 13.5. The summed E-state index contributed by atoms with van der Waals surface area (Å²) in [6.45, 7) is -0.139. The number of carboxylic acid groups (broad SMARTS) is 1. The first kappa shape index (κ1) is 18.5. The lowest BCUT2D eigenvalue weighted by molar-refractivity contribution is -0.145. The quantitative estimate of drug-likeness (QED) is 0.804. The number of nitrogens with one attached hydrogen (secondary N) is 1.